The van der Waals surface area contributed by atoms with Crippen molar-refractivity contribution in [1.82, 2.24) is 9.80 Å². The van der Waals surface area contributed by atoms with Crippen molar-refractivity contribution in [1.29, 1.82) is 0 Å². The van der Waals surface area contributed by atoms with E-state index in [0.717, 1.165) is 24.8 Å². The van der Waals surface area contributed by atoms with Crippen molar-refractivity contribution in [2.45, 2.75) is 19.4 Å². The van der Waals surface area contributed by atoms with Crippen LogP contribution in [0.15, 0.2) is 48.5 Å². The van der Waals surface area contributed by atoms with Gasteiger partial charge in [-0.05, 0) is 61.1 Å². The molecule has 0 spiro atoms. The normalized spacial score (nSPS) is 24.9. The second kappa shape index (κ2) is 9.29. The minimum atomic E-state index is 0. The van der Waals surface area contributed by atoms with E-state index in [0.29, 0.717) is 11.8 Å². The molecule has 2 aliphatic heterocycles. The number of hydrogen-bond donors (Lipinski definition) is 1. The molecule has 2 aromatic carbocycles. The highest BCUT2D eigenvalue weighted by molar-refractivity contribution is 5.85. The van der Waals surface area contributed by atoms with Crippen LogP contribution in [0.1, 0.15) is 22.7 Å². The summed E-state index contributed by atoms with van der Waals surface area (Å²) in [7, 11) is 2.29. The first-order valence-corrected chi connectivity index (χ1v) is 9.38. The summed E-state index contributed by atoms with van der Waals surface area (Å²) in [6.45, 7) is 6.98. The molecule has 148 valence electrons. The van der Waals surface area contributed by atoms with E-state index >= 15 is 0 Å². The number of likely N-dealkylation sites (tertiary alicyclic amines) is 2. The molecule has 0 saturated carbocycles. The van der Waals surface area contributed by atoms with Gasteiger partial charge in [0.05, 0.1) is 0 Å². The molecule has 2 fully saturated rings. The first kappa shape index (κ1) is 22.0. The van der Waals surface area contributed by atoms with Gasteiger partial charge in [0.2, 0.25) is 0 Å². The fraction of sp³-hybridized carbons (Fsp3) is 0.455. The van der Waals surface area contributed by atoms with Gasteiger partial charge in [-0.3, -0.25) is 4.90 Å². The predicted octanol–water partition coefficient (Wildman–Crippen LogP) is 4.32. The van der Waals surface area contributed by atoms with Crippen LogP contribution in [0.4, 0.5) is 0 Å². The summed E-state index contributed by atoms with van der Waals surface area (Å²) in [5.41, 5.74) is 4.24. The highest BCUT2D eigenvalue weighted by Crippen LogP contribution is 2.44. The van der Waals surface area contributed by atoms with E-state index in [9.17, 15) is 5.11 Å². The topological polar surface area (TPSA) is 26.7 Å². The Balaban J connectivity index is 0.00000131. The summed E-state index contributed by atoms with van der Waals surface area (Å²) in [6, 6.07) is 17.1. The van der Waals surface area contributed by atoms with E-state index in [1.165, 1.54) is 36.3 Å². The number of rotatable bonds is 4. The highest BCUT2D eigenvalue weighted by Gasteiger charge is 2.46. The van der Waals surface area contributed by atoms with Gasteiger partial charge in [-0.25, -0.2) is 0 Å². The Morgan fingerprint density at radius 1 is 0.963 bits per heavy atom. The van der Waals surface area contributed by atoms with Crippen LogP contribution < -0.4 is 0 Å². The average molecular weight is 409 g/mol. The lowest BCUT2D eigenvalue weighted by Crippen LogP contribution is -2.30. The van der Waals surface area contributed by atoms with E-state index in [2.05, 4.69) is 48.0 Å². The van der Waals surface area contributed by atoms with Crippen LogP contribution in [0.25, 0.3) is 0 Å². The number of hydrogen-bond acceptors (Lipinski definition) is 3. The van der Waals surface area contributed by atoms with Gasteiger partial charge in [0.15, 0.2) is 0 Å². The zero-order valence-corrected chi connectivity index (χ0v) is 17.7. The third-order valence-corrected chi connectivity index (χ3v) is 6.13. The number of nitrogens with zero attached hydrogens (tertiary/aromatic N) is 2. The smallest absolute Gasteiger partial charge is 0.115 e. The Bertz CT molecular complexity index is 737. The van der Waals surface area contributed by atoms with Crippen molar-refractivity contribution in [3.63, 3.8) is 0 Å². The SMILES string of the molecule is Cc1ccccc1[C@@H]1[C@@H]2CN(CCc3ccc(O)cc3)C[C@@H]2CN1C.Cl.Cl. The summed E-state index contributed by atoms with van der Waals surface area (Å²) in [6.07, 6.45) is 1.06. The maximum atomic E-state index is 9.41. The molecule has 2 aliphatic rings. The van der Waals surface area contributed by atoms with E-state index in [1.54, 1.807) is 12.1 Å². The van der Waals surface area contributed by atoms with E-state index in [-0.39, 0.29) is 24.8 Å². The predicted molar refractivity (Wildman–Crippen MR) is 116 cm³/mol. The van der Waals surface area contributed by atoms with Crippen LogP contribution in [0, 0.1) is 18.8 Å². The summed E-state index contributed by atoms with van der Waals surface area (Å²) < 4.78 is 0. The van der Waals surface area contributed by atoms with Crippen LogP contribution in [-0.4, -0.2) is 48.1 Å². The van der Waals surface area contributed by atoms with Crippen LogP contribution in [0.5, 0.6) is 5.75 Å². The van der Waals surface area contributed by atoms with Gasteiger partial charge in [-0.2, -0.15) is 0 Å². The molecule has 0 radical (unpaired) electrons. The summed E-state index contributed by atoms with van der Waals surface area (Å²) in [5, 5.41) is 9.41. The minimum Gasteiger partial charge on any atom is -0.508 e. The van der Waals surface area contributed by atoms with Crippen molar-refractivity contribution in [3.8, 4) is 5.75 Å². The molecule has 2 saturated heterocycles. The molecule has 0 unspecified atom stereocenters. The highest BCUT2D eigenvalue weighted by atomic mass is 35.5. The van der Waals surface area contributed by atoms with Crippen LogP contribution in [-0.2, 0) is 6.42 Å². The van der Waals surface area contributed by atoms with Crippen LogP contribution >= 0.6 is 24.8 Å². The Hall–Kier alpha value is -1.26. The molecule has 0 aromatic heterocycles. The van der Waals surface area contributed by atoms with Gasteiger partial charge >= 0.3 is 0 Å². The molecule has 2 heterocycles. The maximum Gasteiger partial charge on any atom is 0.115 e. The van der Waals surface area contributed by atoms with Gasteiger partial charge in [0.25, 0.3) is 0 Å². The van der Waals surface area contributed by atoms with Crippen molar-refractivity contribution >= 4 is 24.8 Å². The lowest BCUT2D eigenvalue weighted by molar-refractivity contribution is 0.229. The molecule has 2 aromatic rings. The number of fused-ring (bicyclic) bond motifs is 1. The molecule has 0 amide bonds. The number of halogens is 2. The quantitative estimate of drug-likeness (QED) is 0.815. The number of aromatic hydroxyl groups is 1. The van der Waals surface area contributed by atoms with Crippen molar-refractivity contribution in [3.05, 3.63) is 65.2 Å². The van der Waals surface area contributed by atoms with Gasteiger partial charge in [0, 0.05) is 32.2 Å². The molecule has 3 atom stereocenters. The summed E-state index contributed by atoms with van der Waals surface area (Å²) in [5.74, 6) is 1.88. The Morgan fingerprint density at radius 3 is 2.37 bits per heavy atom. The molecule has 27 heavy (non-hydrogen) atoms. The average Bonchev–Trinajstić information content (AvgIpc) is 3.11. The Labute approximate surface area is 175 Å². The van der Waals surface area contributed by atoms with Gasteiger partial charge < -0.3 is 10.0 Å². The van der Waals surface area contributed by atoms with Gasteiger partial charge in [-0.15, -0.1) is 24.8 Å². The number of benzene rings is 2. The Morgan fingerprint density at radius 2 is 1.67 bits per heavy atom. The molecular weight excluding hydrogens is 379 g/mol. The van der Waals surface area contributed by atoms with E-state index in [4.69, 9.17) is 0 Å². The zero-order valence-electron chi connectivity index (χ0n) is 16.0. The monoisotopic (exact) mass is 408 g/mol. The van der Waals surface area contributed by atoms with Crippen LogP contribution in [0.3, 0.4) is 0 Å². The van der Waals surface area contributed by atoms with Crippen molar-refractivity contribution < 1.29 is 5.11 Å². The van der Waals surface area contributed by atoms with Crippen molar-refractivity contribution in [2.24, 2.45) is 11.8 Å². The first-order valence-electron chi connectivity index (χ1n) is 9.38. The summed E-state index contributed by atoms with van der Waals surface area (Å²) >= 11 is 0. The zero-order chi connectivity index (χ0) is 17.4. The van der Waals surface area contributed by atoms with Gasteiger partial charge in [0.1, 0.15) is 5.75 Å². The third kappa shape index (κ3) is 4.60. The van der Waals surface area contributed by atoms with Crippen molar-refractivity contribution in [2.75, 3.05) is 33.2 Å². The number of phenolic OH excluding ortho intramolecular Hbond substituents is 1. The molecule has 5 heteroatoms. The molecule has 0 bridgehead atoms. The number of aryl methyl sites for hydroxylation is 1. The van der Waals surface area contributed by atoms with Crippen LogP contribution in [0.2, 0.25) is 0 Å². The Kier molecular flexibility index (Phi) is 7.58. The molecule has 3 nitrogen and oxygen atoms in total. The summed E-state index contributed by atoms with van der Waals surface area (Å²) in [4.78, 5) is 5.20. The fourth-order valence-corrected chi connectivity index (χ4v) is 4.87. The first-order chi connectivity index (χ1) is 12.1. The lowest BCUT2D eigenvalue weighted by atomic mass is 9.88. The minimum absolute atomic E-state index is 0. The lowest BCUT2D eigenvalue weighted by Gasteiger charge is -2.28. The fourth-order valence-electron chi connectivity index (χ4n) is 4.87. The van der Waals surface area contributed by atoms with E-state index in [1.807, 2.05) is 12.1 Å². The van der Waals surface area contributed by atoms with E-state index < -0.39 is 0 Å². The largest absolute Gasteiger partial charge is 0.508 e. The maximum absolute atomic E-state index is 9.41. The second-order valence-electron chi connectivity index (χ2n) is 7.84. The van der Waals surface area contributed by atoms with Gasteiger partial charge in [-0.1, -0.05) is 36.4 Å². The molecule has 0 aliphatic carbocycles. The molecular formula is C22H30Cl2N2O. The molecule has 4 rings (SSSR count). The second-order valence-corrected chi connectivity index (χ2v) is 7.84. The number of phenols is 1. The third-order valence-electron chi connectivity index (χ3n) is 6.13. The molecule has 1 N–H and O–H groups in total. The standard InChI is InChI=1S/C22H28N2O.2ClH/c1-16-5-3-4-6-20(16)22-21-15-24(14-18(21)13-23(22)2)12-11-17-7-9-19(25)10-8-17;;/h3-10,18,21-22,25H,11-15H2,1-2H3;2*1H/t18-,21+,22+;;/m0../s1.